The first kappa shape index (κ1) is 13.8. The van der Waals surface area contributed by atoms with Crippen LogP contribution < -0.4 is 5.32 Å². The van der Waals surface area contributed by atoms with Crippen LogP contribution in [-0.2, 0) is 0 Å². The van der Waals surface area contributed by atoms with Gasteiger partial charge >= 0.3 is 0 Å². The lowest BCUT2D eigenvalue weighted by atomic mass is 10.0. The molecule has 3 atom stereocenters. The van der Waals surface area contributed by atoms with E-state index in [0.717, 1.165) is 43.6 Å². The number of halogens is 2. The van der Waals surface area contributed by atoms with Gasteiger partial charge < -0.3 is 5.32 Å². The average molecular weight is 271 g/mol. The van der Waals surface area contributed by atoms with Gasteiger partial charge in [-0.15, -0.1) is 12.4 Å². The van der Waals surface area contributed by atoms with E-state index in [1.807, 2.05) is 6.07 Å². The Hall–Kier alpha value is -0.640. The van der Waals surface area contributed by atoms with Gasteiger partial charge in [-0.3, -0.25) is 4.90 Å². The minimum absolute atomic E-state index is 0. The van der Waals surface area contributed by atoms with Crippen LogP contribution in [0.25, 0.3) is 0 Å². The topological polar surface area (TPSA) is 15.3 Å². The SMILES string of the molecule is CC(c1cccc(F)c1)N1C[C@H]2CNC[C@H]2C1.Cl. The maximum absolute atomic E-state index is 13.2. The number of fused-ring (bicyclic) bond motifs is 1. The Morgan fingerprint density at radius 3 is 2.56 bits per heavy atom. The third-order valence-electron chi connectivity index (χ3n) is 4.30. The Kier molecular flexibility index (Phi) is 4.25. The van der Waals surface area contributed by atoms with Crippen LogP contribution >= 0.6 is 12.4 Å². The number of nitrogens with one attached hydrogen (secondary N) is 1. The number of benzene rings is 1. The van der Waals surface area contributed by atoms with Crippen LogP contribution in [0, 0.1) is 17.7 Å². The van der Waals surface area contributed by atoms with Crippen LogP contribution in [0.3, 0.4) is 0 Å². The van der Waals surface area contributed by atoms with Crippen LogP contribution in [0.4, 0.5) is 4.39 Å². The van der Waals surface area contributed by atoms with E-state index in [4.69, 9.17) is 0 Å². The summed E-state index contributed by atoms with van der Waals surface area (Å²) in [5.74, 6) is 1.47. The quantitative estimate of drug-likeness (QED) is 0.888. The van der Waals surface area contributed by atoms with Crippen LogP contribution in [0.15, 0.2) is 24.3 Å². The molecule has 0 aromatic heterocycles. The number of rotatable bonds is 2. The average Bonchev–Trinajstić information content (AvgIpc) is 2.88. The van der Waals surface area contributed by atoms with E-state index >= 15 is 0 Å². The molecule has 2 fully saturated rings. The lowest BCUT2D eigenvalue weighted by molar-refractivity contribution is 0.243. The summed E-state index contributed by atoms with van der Waals surface area (Å²) in [7, 11) is 0. The largest absolute Gasteiger partial charge is 0.316 e. The number of nitrogens with zero attached hydrogens (tertiary/aromatic N) is 1. The van der Waals surface area contributed by atoms with Gasteiger partial charge in [0.05, 0.1) is 0 Å². The second kappa shape index (κ2) is 5.55. The first-order chi connectivity index (χ1) is 8.24. The summed E-state index contributed by atoms with van der Waals surface area (Å²) in [4.78, 5) is 2.49. The van der Waals surface area contributed by atoms with E-state index in [9.17, 15) is 4.39 Å². The lowest BCUT2D eigenvalue weighted by Crippen LogP contribution is -2.28. The molecule has 4 heteroatoms. The minimum atomic E-state index is -0.129. The maximum atomic E-state index is 13.2. The molecule has 1 aromatic carbocycles. The minimum Gasteiger partial charge on any atom is -0.316 e. The van der Waals surface area contributed by atoms with Crippen LogP contribution in [0.1, 0.15) is 18.5 Å². The van der Waals surface area contributed by atoms with Crippen molar-refractivity contribution < 1.29 is 4.39 Å². The van der Waals surface area contributed by atoms with Crippen molar-refractivity contribution in [1.82, 2.24) is 10.2 Å². The normalized spacial score (nSPS) is 28.8. The van der Waals surface area contributed by atoms with Gasteiger partial charge in [-0.2, -0.15) is 0 Å². The molecule has 1 N–H and O–H groups in total. The zero-order valence-corrected chi connectivity index (χ0v) is 11.4. The molecule has 2 nitrogen and oxygen atoms in total. The molecule has 18 heavy (non-hydrogen) atoms. The van der Waals surface area contributed by atoms with Gasteiger partial charge in [0.2, 0.25) is 0 Å². The fourth-order valence-electron chi connectivity index (χ4n) is 3.19. The zero-order chi connectivity index (χ0) is 11.8. The summed E-state index contributed by atoms with van der Waals surface area (Å²) >= 11 is 0. The van der Waals surface area contributed by atoms with Crippen LogP contribution in [-0.4, -0.2) is 31.1 Å². The molecular weight excluding hydrogens is 251 g/mol. The van der Waals surface area contributed by atoms with Crippen molar-refractivity contribution in [2.75, 3.05) is 26.2 Å². The predicted octanol–water partition coefficient (Wildman–Crippen LogP) is 2.46. The summed E-state index contributed by atoms with van der Waals surface area (Å²) in [5.41, 5.74) is 1.10. The van der Waals surface area contributed by atoms with Crippen molar-refractivity contribution in [3.8, 4) is 0 Å². The second-order valence-electron chi connectivity index (χ2n) is 5.36. The summed E-state index contributed by atoms with van der Waals surface area (Å²) < 4.78 is 13.2. The first-order valence-corrected chi connectivity index (χ1v) is 6.44. The van der Waals surface area contributed by atoms with E-state index < -0.39 is 0 Å². The van der Waals surface area contributed by atoms with Crippen molar-refractivity contribution in [1.29, 1.82) is 0 Å². The van der Waals surface area contributed by atoms with Crippen LogP contribution in [0.5, 0.6) is 0 Å². The van der Waals surface area contributed by atoms with Gasteiger partial charge in [0, 0.05) is 19.1 Å². The molecule has 1 unspecified atom stereocenters. The maximum Gasteiger partial charge on any atom is 0.123 e. The van der Waals surface area contributed by atoms with Crippen molar-refractivity contribution in [3.05, 3.63) is 35.6 Å². The molecule has 2 saturated heterocycles. The van der Waals surface area contributed by atoms with Crippen LogP contribution in [0.2, 0.25) is 0 Å². The third kappa shape index (κ3) is 2.53. The molecule has 2 aliphatic rings. The van der Waals surface area contributed by atoms with E-state index in [0.29, 0.717) is 6.04 Å². The molecule has 0 spiro atoms. The van der Waals surface area contributed by atoms with Gasteiger partial charge in [0.1, 0.15) is 5.82 Å². The molecule has 0 saturated carbocycles. The summed E-state index contributed by atoms with van der Waals surface area (Å²) in [6.07, 6.45) is 0. The monoisotopic (exact) mass is 270 g/mol. The van der Waals surface area contributed by atoms with Gasteiger partial charge in [0.25, 0.3) is 0 Å². The highest BCUT2D eigenvalue weighted by atomic mass is 35.5. The molecule has 0 radical (unpaired) electrons. The molecule has 0 aliphatic carbocycles. The molecule has 100 valence electrons. The Balaban J connectivity index is 0.00000120. The van der Waals surface area contributed by atoms with E-state index in [1.165, 1.54) is 6.07 Å². The van der Waals surface area contributed by atoms with Crippen molar-refractivity contribution in [3.63, 3.8) is 0 Å². The van der Waals surface area contributed by atoms with E-state index in [-0.39, 0.29) is 18.2 Å². The Morgan fingerprint density at radius 1 is 1.28 bits per heavy atom. The highest BCUT2D eigenvalue weighted by Gasteiger charge is 2.37. The van der Waals surface area contributed by atoms with Gasteiger partial charge in [-0.05, 0) is 49.5 Å². The molecule has 0 amide bonds. The first-order valence-electron chi connectivity index (χ1n) is 6.44. The van der Waals surface area contributed by atoms with E-state index in [1.54, 1.807) is 12.1 Å². The number of hydrogen-bond donors (Lipinski definition) is 1. The highest BCUT2D eigenvalue weighted by molar-refractivity contribution is 5.85. The standard InChI is InChI=1S/C14H19FN2.ClH/c1-10(11-3-2-4-14(15)5-11)17-8-12-6-16-7-13(12)9-17;/h2-5,10,12-13,16H,6-9H2,1H3;1H/t10?,12-,13+;. The smallest absolute Gasteiger partial charge is 0.123 e. The Bertz CT molecular complexity index is 401. The molecule has 1 aromatic rings. The fourth-order valence-corrected chi connectivity index (χ4v) is 3.19. The summed E-state index contributed by atoms with van der Waals surface area (Å²) in [5, 5.41) is 3.45. The van der Waals surface area contributed by atoms with Gasteiger partial charge in [-0.1, -0.05) is 12.1 Å². The Morgan fingerprint density at radius 2 is 1.94 bits per heavy atom. The molecule has 2 heterocycles. The van der Waals surface area contributed by atoms with Crippen molar-refractivity contribution >= 4 is 12.4 Å². The predicted molar refractivity (Wildman–Crippen MR) is 73.5 cm³/mol. The van der Waals surface area contributed by atoms with E-state index in [2.05, 4.69) is 17.1 Å². The van der Waals surface area contributed by atoms with Crippen molar-refractivity contribution in [2.24, 2.45) is 11.8 Å². The van der Waals surface area contributed by atoms with Crippen molar-refractivity contribution in [2.45, 2.75) is 13.0 Å². The molecular formula is C14H20ClFN2. The lowest BCUT2D eigenvalue weighted by Gasteiger charge is -2.25. The Labute approximate surface area is 114 Å². The molecule has 2 aliphatic heterocycles. The third-order valence-corrected chi connectivity index (χ3v) is 4.30. The highest BCUT2D eigenvalue weighted by Crippen LogP contribution is 2.32. The molecule has 0 bridgehead atoms. The summed E-state index contributed by atoms with van der Waals surface area (Å²) in [6, 6.07) is 7.34. The zero-order valence-electron chi connectivity index (χ0n) is 10.6. The fraction of sp³-hybridized carbons (Fsp3) is 0.571. The summed E-state index contributed by atoms with van der Waals surface area (Å²) in [6.45, 7) is 6.78. The van der Waals surface area contributed by atoms with Gasteiger partial charge in [-0.25, -0.2) is 4.39 Å². The molecule has 3 rings (SSSR count). The number of likely N-dealkylation sites (tertiary alicyclic amines) is 1. The second-order valence-corrected chi connectivity index (χ2v) is 5.36. The number of hydrogen-bond acceptors (Lipinski definition) is 2. The van der Waals surface area contributed by atoms with Gasteiger partial charge in [0.15, 0.2) is 0 Å².